The highest BCUT2D eigenvalue weighted by Crippen LogP contribution is 2.33. The summed E-state index contributed by atoms with van der Waals surface area (Å²) < 4.78 is 16.9. The molecule has 0 atom stereocenters. The van der Waals surface area contributed by atoms with Crippen molar-refractivity contribution in [3.63, 3.8) is 0 Å². The summed E-state index contributed by atoms with van der Waals surface area (Å²) in [5.74, 6) is 0.312. The van der Waals surface area contributed by atoms with Crippen molar-refractivity contribution in [3.8, 4) is 22.7 Å². The van der Waals surface area contributed by atoms with Crippen LogP contribution in [-0.4, -0.2) is 21.3 Å². The van der Waals surface area contributed by atoms with E-state index in [9.17, 15) is 4.79 Å². The molecular weight excluding hydrogens is 462 g/mol. The Labute approximate surface area is 178 Å². The van der Waals surface area contributed by atoms with Crippen LogP contribution in [0.1, 0.15) is 22.0 Å². The predicted molar refractivity (Wildman–Crippen MR) is 108 cm³/mol. The predicted octanol–water partition coefficient (Wildman–Crippen LogP) is 5.47. The summed E-state index contributed by atoms with van der Waals surface area (Å²) in [6.07, 6.45) is 0. The first-order valence-electron chi connectivity index (χ1n) is 8.49. The number of ether oxygens (including phenoxy) is 1. The first kappa shape index (κ1) is 19.4. The molecule has 146 valence electrons. The average molecular weight is 475 g/mol. The lowest BCUT2D eigenvalue weighted by molar-refractivity contribution is 0.0439. The number of benzene rings is 2. The lowest BCUT2D eigenvalue weighted by Gasteiger charge is -2.04. The molecule has 0 unspecified atom stereocenters. The summed E-state index contributed by atoms with van der Waals surface area (Å²) in [5, 5.41) is 12.4. The van der Waals surface area contributed by atoms with Gasteiger partial charge in [0, 0.05) is 10.0 Å². The summed E-state index contributed by atoms with van der Waals surface area (Å²) in [5.41, 5.74) is 2.28. The lowest BCUT2D eigenvalue weighted by Crippen LogP contribution is -2.06. The maximum atomic E-state index is 12.3. The number of aromatic nitrogens is 3. The van der Waals surface area contributed by atoms with Crippen LogP contribution in [0.5, 0.6) is 0 Å². The molecule has 2 heterocycles. The molecule has 0 radical (unpaired) electrons. The Kier molecular flexibility index (Phi) is 5.46. The van der Waals surface area contributed by atoms with Crippen LogP contribution in [0.4, 0.5) is 0 Å². The molecule has 7 nitrogen and oxygen atoms in total. The molecule has 0 amide bonds. The van der Waals surface area contributed by atoms with Gasteiger partial charge in [-0.1, -0.05) is 63.0 Å². The fraction of sp³-hybridized carbons (Fsp3) is 0.100. The zero-order valence-electron chi connectivity index (χ0n) is 15.1. The molecule has 0 spiro atoms. The lowest BCUT2D eigenvalue weighted by atomic mass is 10.1. The third-order valence-corrected chi connectivity index (χ3v) is 4.89. The number of carbonyl (C=O) groups excluding carboxylic acids is 1. The van der Waals surface area contributed by atoms with Gasteiger partial charge >= 0.3 is 5.97 Å². The minimum absolute atomic E-state index is 0.138. The van der Waals surface area contributed by atoms with E-state index >= 15 is 0 Å². The maximum Gasteiger partial charge on any atom is 0.340 e. The minimum Gasteiger partial charge on any atom is -0.452 e. The standard InChI is InChI=1S/C20H13BrClN3O4/c1-11-17(18(25-29-11)12-5-3-2-4-6-12)19-24-23-16(28-19)10-27-20(26)14-9-13(21)7-8-15(14)22/h2-9H,10H2,1H3. The number of hydrogen-bond donors (Lipinski definition) is 0. The summed E-state index contributed by atoms with van der Waals surface area (Å²) in [6.45, 7) is 1.56. The molecular formula is C20H13BrClN3O4. The van der Waals surface area contributed by atoms with Gasteiger partial charge in [-0.25, -0.2) is 4.79 Å². The van der Waals surface area contributed by atoms with Crippen LogP contribution < -0.4 is 0 Å². The van der Waals surface area contributed by atoms with E-state index in [0.717, 1.165) is 5.56 Å². The van der Waals surface area contributed by atoms with Gasteiger partial charge < -0.3 is 13.7 Å². The Hall–Kier alpha value is -2.97. The monoisotopic (exact) mass is 473 g/mol. The first-order valence-corrected chi connectivity index (χ1v) is 9.66. The molecule has 0 aliphatic heterocycles. The normalized spacial score (nSPS) is 10.9. The van der Waals surface area contributed by atoms with Crippen LogP contribution in [0.25, 0.3) is 22.7 Å². The Morgan fingerprint density at radius 3 is 2.76 bits per heavy atom. The number of rotatable bonds is 5. The van der Waals surface area contributed by atoms with Gasteiger partial charge in [-0.15, -0.1) is 10.2 Å². The van der Waals surface area contributed by atoms with Gasteiger partial charge in [-0.2, -0.15) is 0 Å². The highest BCUT2D eigenvalue weighted by molar-refractivity contribution is 9.10. The van der Waals surface area contributed by atoms with E-state index in [1.807, 2.05) is 30.3 Å². The Morgan fingerprint density at radius 2 is 1.97 bits per heavy atom. The molecule has 29 heavy (non-hydrogen) atoms. The second-order valence-electron chi connectivity index (χ2n) is 6.03. The quantitative estimate of drug-likeness (QED) is 0.354. The minimum atomic E-state index is -0.595. The van der Waals surface area contributed by atoms with Gasteiger partial charge in [-0.05, 0) is 25.1 Å². The molecule has 0 saturated carbocycles. The van der Waals surface area contributed by atoms with E-state index in [1.165, 1.54) is 0 Å². The summed E-state index contributed by atoms with van der Waals surface area (Å²) in [6, 6.07) is 14.4. The van der Waals surface area contributed by atoms with Crippen molar-refractivity contribution in [2.75, 3.05) is 0 Å². The zero-order chi connectivity index (χ0) is 20.4. The van der Waals surface area contributed by atoms with Crippen LogP contribution >= 0.6 is 27.5 Å². The van der Waals surface area contributed by atoms with E-state index < -0.39 is 5.97 Å². The zero-order valence-corrected chi connectivity index (χ0v) is 17.4. The SMILES string of the molecule is Cc1onc(-c2ccccc2)c1-c1nnc(COC(=O)c2cc(Br)ccc2Cl)o1. The Bertz CT molecular complexity index is 1170. The maximum absolute atomic E-state index is 12.3. The van der Waals surface area contributed by atoms with Crippen molar-refractivity contribution >= 4 is 33.5 Å². The van der Waals surface area contributed by atoms with Gasteiger partial charge in [0.2, 0.25) is 0 Å². The van der Waals surface area contributed by atoms with E-state index in [0.29, 0.717) is 21.5 Å². The van der Waals surface area contributed by atoms with Crippen molar-refractivity contribution in [1.29, 1.82) is 0 Å². The molecule has 0 bridgehead atoms. The molecule has 0 saturated heterocycles. The third kappa shape index (κ3) is 4.08. The smallest absolute Gasteiger partial charge is 0.340 e. The van der Waals surface area contributed by atoms with E-state index in [-0.39, 0.29) is 29.0 Å². The highest BCUT2D eigenvalue weighted by atomic mass is 79.9. The topological polar surface area (TPSA) is 91.3 Å². The van der Waals surface area contributed by atoms with Crippen molar-refractivity contribution in [3.05, 3.63) is 75.2 Å². The highest BCUT2D eigenvalue weighted by Gasteiger charge is 2.22. The Balaban J connectivity index is 1.53. The Morgan fingerprint density at radius 1 is 1.17 bits per heavy atom. The van der Waals surface area contributed by atoms with Gasteiger partial charge in [0.15, 0.2) is 6.61 Å². The van der Waals surface area contributed by atoms with Crippen LogP contribution in [0.15, 0.2) is 61.9 Å². The molecule has 0 fully saturated rings. The van der Waals surface area contributed by atoms with Crippen molar-refractivity contribution in [2.45, 2.75) is 13.5 Å². The molecule has 2 aromatic heterocycles. The summed E-state index contributed by atoms with van der Waals surface area (Å²) >= 11 is 9.34. The van der Waals surface area contributed by atoms with Gasteiger partial charge in [0.25, 0.3) is 11.8 Å². The van der Waals surface area contributed by atoms with Crippen LogP contribution in [-0.2, 0) is 11.3 Å². The molecule has 4 aromatic rings. The third-order valence-electron chi connectivity index (χ3n) is 4.07. The number of aryl methyl sites for hydroxylation is 1. The summed E-state index contributed by atoms with van der Waals surface area (Å²) in [7, 11) is 0. The molecule has 0 aliphatic carbocycles. The number of carbonyl (C=O) groups is 1. The molecule has 9 heteroatoms. The molecule has 4 rings (SSSR count). The number of esters is 1. The number of nitrogens with zero attached hydrogens (tertiary/aromatic N) is 3. The number of halogens is 2. The van der Waals surface area contributed by atoms with E-state index in [1.54, 1.807) is 25.1 Å². The second-order valence-corrected chi connectivity index (χ2v) is 7.35. The average Bonchev–Trinajstić information content (AvgIpc) is 3.34. The van der Waals surface area contributed by atoms with Gasteiger partial charge in [0.05, 0.1) is 10.6 Å². The fourth-order valence-corrected chi connectivity index (χ4v) is 3.24. The van der Waals surface area contributed by atoms with Gasteiger partial charge in [0.1, 0.15) is 17.0 Å². The summed E-state index contributed by atoms with van der Waals surface area (Å²) in [4.78, 5) is 12.3. The number of hydrogen-bond acceptors (Lipinski definition) is 7. The molecule has 2 aromatic carbocycles. The van der Waals surface area contributed by atoms with E-state index in [2.05, 4.69) is 31.3 Å². The first-order chi connectivity index (χ1) is 14.0. The van der Waals surface area contributed by atoms with Crippen molar-refractivity contribution < 1.29 is 18.5 Å². The van der Waals surface area contributed by atoms with Crippen LogP contribution in [0.2, 0.25) is 5.02 Å². The van der Waals surface area contributed by atoms with Crippen molar-refractivity contribution in [1.82, 2.24) is 15.4 Å². The van der Waals surface area contributed by atoms with E-state index in [4.69, 9.17) is 25.3 Å². The van der Waals surface area contributed by atoms with Crippen LogP contribution in [0.3, 0.4) is 0 Å². The molecule has 0 N–H and O–H groups in total. The van der Waals surface area contributed by atoms with Crippen LogP contribution in [0, 0.1) is 6.92 Å². The molecule has 0 aliphatic rings. The van der Waals surface area contributed by atoms with Crippen molar-refractivity contribution in [2.24, 2.45) is 0 Å². The second kappa shape index (κ2) is 8.18. The van der Waals surface area contributed by atoms with Gasteiger partial charge in [-0.3, -0.25) is 0 Å². The fourth-order valence-electron chi connectivity index (χ4n) is 2.69. The largest absolute Gasteiger partial charge is 0.452 e.